The number of pyridine rings is 1. The van der Waals surface area contributed by atoms with Gasteiger partial charge in [0.05, 0.1) is 22.3 Å². The summed E-state index contributed by atoms with van der Waals surface area (Å²) in [5.41, 5.74) is 3.40. The minimum absolute atomic E-state index is 0.0353. The summed E-state index contributed by atoms with van der Waals surface area (Å²) in [6.07, 6.45) is -4.25. The third kappa shape index (κ3) is 6.51. The number of hydrogen-bond acceptors (Lipinski definition) is 5. The molecule has 228 valence electrons. The Labute approximate surface area is 252 Å². The Morgan fingerprint density at radius 2 is 1.68 bits per heavy atom. The summed E-state index contributed by atoms with van der Waals surface area (Å²) in [7, 11) is 1.48. The SMILES string of the molecule is CNC(=O)c1c(-c2ccc(-n3nccc3C)cc2)oc2nc(CCC(F)(F)F)c(-c3cccc(C(=O)NC(C)(C)C)c3)cc12. The van der Waals surface area contributed by atoms with E-state index in [2.05, 4.69) is 20.7 Å². The van der Waals surface area contributed by atoms with Crippen LogP contribution in [-0.2, 0) is 6.42 Å². The zero-order chi connectivity index (χ0) is 31.8. The van der Waals surface area contributed by atoms with Gasteiger partial charge in [0.2, 0.25) is 5.71 Å². The van der Waals surface area contributed by atoms with Gasteiger partial charge in [0, 0.05) is 47.6 Å². The van der Waals surface area contributed by atoms with Crippen LogP contribution in [0.1, 0.15) is 59.3 Å². The van der Waals surface area contributed by atoms with Gasteiger partial charge in [-0.3, -0.25) is 9.59 Å². The number of aromatic nitrogens is 3. The largest absolute Gasteiger partial charge is 0.437 e. The molecular formula is C33H32F3N5O3. The monoisotopic (exact) mass is 603 g/mol. The lowest BCUT2D eigenvalue weighted by atomic mass is 9.96. The molecule has 0 fully saturated rings. The molecule has 2 aromatic carbocycles. The Hall–Kier alpha value is -4.93. The third-order valence-corrected chi connectivity index (χ3v) is 6.99. The molecule has 0 spiro atoms. The molecule has 0 bridgehead atoms. The molecule has 0 unspecified atom stereocenters. The second-order valence-corrected chi connectivity index (χ2v) is 11.6. The summed E-state index contributed by atoms with van der Waals surface area (Å²) in [5.74, 6) is -0.539. The number of carbonyl (C=O) groups excluding carboxylic acids is 2. The first kappa shape index (κ1) is 30.5. The molecule has 44 heavy (non-hydrogen) atoms. The molecule has 0 atom stereocenters. The van der Waals surface area contributed by atoms with Crippen molar-refractivity contribution in [2.24, 2.45) is 0 Å². The zero-order valence-corrected chi connectivity index (χ0v) is 25.0. The van der Waals surface area contributed by atoms with Crippen LogP contribution in [0.15, 0.2) is 71.3 Å². The van der Waals surface area contributed by atoms with Gasteiger partial charge >= 0.3 is 6.18 Å². The molecular weight excluding hydrogens is 571 g/mol. The van der Waals surface area contributed by atoms with Gasteiger partial charge in [-0.05, 0) is 88.2 Å². The highest BCUT2D eigenvalue weighted by Crippen LogP contribution is 2.38. The van der Waals surface area contributed by atoms with Crippen LogP contribution in [0.3, 0.4) is 0 Å². The summed E-state index contributed by atoms with van der Waals surface area (Å²) >= 11 is 0. The van der Waals surface area contributed by atoms with E-state index in [1.54, 1.807) is 53.3 Å². The number of nitrogens with zero attached hydrogens (tertiary/aromatic N) is 3. The average Bonchev–Trinajstić information content (AvgIpc) is 3.57. The van der Waals surface area contributed by atoms with Crippen molar-refractivity contribution in [3.8, 4) is 28.1 Å². The number of halogens is 3. The summed E-state index contributed by atoms with van der Waals surface area (Å²) in [6.45, 7) is 7.48. The van der Waals surface area contributed by atoms with Crippen molar-refractivity contribution in [2.75, 3.05) is 7.05 Å². The van der Waals surface area contributed by atoms with Crippen LogP contribution in [0.5, 0.6) is 0 Å². The molecule has 0 saturated heterocycles. The Kier molecular flexibility index (Phi) is 8.07. The van der Waals surface area contributed by atoms with Crippen molar-refractivity contribution >= 4 is 22.9 Å². The molecule has 0 aliphatic heterocycles. The molecule has 0 aliphatic carbocycles. The lowest BCUT2D eigenvalue weighted by molar-refractivity contribution is -0.134. The Morgan fingerprint density at radius 1 is 0.955 bits per heavy atom. The van der Waals surface area contributed by atoms with E-state index in [1.165, 1.54) is 7.05 Å². The molecule has 2 N–H and O–H groups in total. The van der Waals surface area contributed by atoms with E-state index in [1.807, 2.05) is 45.9 Å². The number of furan rings is 1. The highest BCUT2D eigenvalue weighted by atomic mass is 19.4. The number of rotatable bonds is 7. The topological polar surface area (TPSA) is 102 Å². The maximum absolute atomic E-state index is 13.4. The fourth-order valence-corrected chi connectivity index (χ4v) is 4.95. The number of carbonyl (C=O) groups is 2. The maximum atomic E-state index is 13.4. The van der Waals surface area contributed by atoms with E-state index < -0.39 is 30.5 Å². The number of alkyl halides is 3. The summed E-state index contributed by atoms with van der Waals surface area (Å²) in [4.78, 5) is 30.7. The Balaban J connectivity index is 1.67. The fourth-order valence-electron chi connectivity index (χ4n) is 4.95. The van der Waals surface area contributed by atoms with Gasteiger partial charge in [-0.25, -0.2) is 9.67 Å². The predicted molar refractivity (Wildman–Crippen MR) is 162 cm³/mol. The molecule has 0 aliphatic rings. The first-order valence-electron chi connectivity index (χ1n) is 14.0. The van der Waals surface area contributed by atoms with Crippen molar-refractivity contribution in [3.05, 3.63) is 89.4 Å². The molecule has 0 saturated carbocycles. The number of nitrogens with one attached hydrogen (secondary N) is 2. The van der Waals surface area contributed by atoms with Crippen LogP contribution in [0.2, 0.25) is 0 Å². The number of fused-ring (bicyclic) bond motifs is 1. The van der Waals surface area contributed by atoms with Crippen molar-refractivity contribution in [2.45, 2.75) is 52.3 Å². The van der Waals surface area contributed by atoms with E-state index in [4.69, 9.17) is 4.42 Å². The van der Waals surface area contributed by atoms with Crippen LogP contribution >= 0.6 is 0 Å². The first-order valence-corrected chi connectivity index (χ1v) is 14.0. The van der Waals surface area contributed by atoms with E-state index in [9.17, 15) is 22.8 Å². The second kappa shape index (κ2) is 11.6. The van der Waals surface area contributed by atoms with E-state index in [-0.39, 0.29) is 28.6 Å². The lowest BCUT2D eigenvalue weighted by Crippen LogP contribution is -2.40. The van der Waals surface area contributed by atoms with Gasteiger partial charge in [0.15, 0.2) is 0 Å². The molecule has 3 heterocycles. The summed E-state index contributed by atoms with van der Waals surface area (Å²) < 4.78 is 47.9. The molecule has 2 amide bonds. The number of amides is 2. The van der Waals surface area contributed by atoms with Gasteiger partial charge < -0.3 is 15.1 Å². The number of hydrogen-bond donors (Lipinski definition) is 2. The van der Waals surface area contributed by atoms with E-state index in [0.29, 0.717) is 27.6 Å². The van der Waals surface area contributed by atoms with Crippen molar-refractivity contribution in [1.82, 2.24) is 25.4 Å². The zero-order valence-electron chi connectivity index (χ0n) is 25.0. The summed E-state index contributed by atoms with van der Waals surface area (Å²) in [5, 5.41) is 10.2. The smallest absolute Gasteiger partial charge is 0.389 e. The predicted octanol–water partition coefficient (Wildman–Crippen LogP) is 7.04. The van der Waals surface area contributed by atoms with E-state index >= 15 is 0 Å². The molecule has 8 nitrogen and oxygen atoms in total. The van der Waals surface area contributed by atoms with E-state index in [0.717, 1.165) is 11.4 Å². The molecule has 11 heteroatoms. The molecule has 3 aromatic heterocycles. The van der Waals surface area contributed by atoms with Crippen LogP contribution in [0.25, 0.3) is 39.2 Å². The van der Waals surface area contributed by atoms with Crippen molar-refractivity contribution in [3.63, 3.8) is 0 Å². The molecule has 5 rings (SSSR count). The third-order valence-electron chi connectivity index (χ3n) is 6.99. The van der Waals surface area contributed by atoms with Gasteiger partial charge in [0.1, 0.15) is 5.76 Å². The van der Waals surface area contributed by atoms with Gasteiger partial charge in [-0.15, -0.1) is 0 Å². The molecule has 0 radical (unpaired) electrons. The number of benzene rings is 2. The molecule has 5 aromatic rings. The first-order chi connectivity index (χ1) is 20.7. The highest BCUT2D eigenvalue weighted by molar-refractivity contribution is 6.11. The minimum Gasteiger partial charge on any atom is -0.437 e. The van der Waals surface area contributed by atoms with Crippen LogP contribution in [-0.4, -0.2) is 45.3 Å². The van der Waals surface area contributed by atoms with Gasteiger partial charge in [-0.2, -0.15) is 18.3 Å². The Morgan fingerprint density at radius 3 is 2.30 bits per heavy atom. The van der Waals surface area contributed by atoms with Crippen LogP contribution < -0.4 is 10.6 Å². The second-order valence-electron chi connectivity index (χ2n) is 11.6. The van der Waals surface area contributed by atoms with Gasteiger partial charge in [0.25, 0.3) is 11.8 Å². The number of aryl methyl sites for hydroxylation is 2. The Bertz CT molecular complexity index is 1850. The van der Waals surface area contributed by atoms with Crippen LogP contribution in [0.4, 0.5) is 13.2 Å². The highest BCUT2D eigenvalue weighted by Gasteiger charge is 2.29. The van der Waals surface area contributed by atoms with Crippen LogP contribution in [0, 0.1) is 6.92 Å². The fraction of sp³-hybridized carbons (Fsp3) is 0.273. The normalized spacial score (nSPS) is 12.0. The average molecular weight is 604 g/mol. The van der Waals surface area contributed by atoms with Crippen molar-refractivity contribution in [1.29, 1.82) is 0 Å². The standard InChI is InChI=1S/C33H32F3N5O3/c1-19-14-16-38-41(19)23-11-9-20(10-12-23)28-27(30(43)37-5)25-18-24(26(39-31(25)44-28)13-15-33(34,35)36)21-7-6-8-22(17-21)29(42)40-32(2,3)4/h6-12,14,16-18H,13,15H2,1-5H3,(H,37,43)(H,40,42). The minimum atomic E-state index is -4.42. The quantitative estimate of drug-likeness (QED) is 0.208. The van der Waals surface area contributed by atoms with Gasteiger partial charge in [-0.1, -0.05) is 12.1 Å². The van der Waals surface area contributed by atoms with Crippen molar-refractivity contribution < 1.29 is 27.2 Å². The lowest BCUT2D eigenvalue weighted by Gasteiger charge is -2.20. The summed E-state index contributed by atoms with van der Waals surface area (Å²) in [6, 6.07) is 17.3. The maximum Gasteiger partial charge on any atom is 0.389 e.